The predicted octanol–water partition coefficient (Wildman–Crippen LogP) is 5.11. The quantitative estimate of drug-likeness (QED) is 0.253. The summed E-state index contributed by atoms with van der Waals surface area (Å²) in [5, 5.41) is 12.5. The number of nitrogens with one attached hydrogen (secondary N) is 1. The average molecular weight is 433 g/mol. The lowest BCUT2D eigenvalue weighted by atomic mass is 10.1. The molecule has 0 aliphatic heterocycles. The van der Waals surface area contributed by atoms with Gasteiger partial charge in [-0.05, 0) is 66.2 Å². The summed E-state index contributed by atoms with van der Waals surface area (Å²) >= 11 is 5.89. The van der Waals surface area contributed by atoms with E-state index < -0.39 is 11.9 Å². The fraction of sp³-hybridized carbons (Fsp3) is 0.0417. The van der Waals surface area contributed by atoms with Crippen molar-refractivity contribution in [1.82, 2.24) is 0 Å². The number of methoxy groups -OCH3 is 1. The third-order valence-corrected chi connectivity index (χ3v) is 4.41. The number of amides is 1. The number of nitriles is 1. The third-order valence-electron chi connectivity index (χ3n) is 4.17. The van der Waals surface area contributed by atoms with Gasteiger partial charge in [0.05, 0.1) is 12.7 Å². The van der Waals surface area contributed by atoms with Gasteiger partial charge in [0.1, 0.15) is 23.1 Å². The monoisotopic (exact) mass is 432 g/mol. The highest BCUT2D eigenvalue weighted by Gasteiger charge is 2.11. The van der Waals surface area contributed by atoms with Crippen molar-refractivity contribution in [3.05, 3.63) is 94.5 Å². The minimum atomic E-state index is -0.539. The molecule has 31 heavy (non-hydrogen) atoms. The van der Waals surface area contributed by atoms with E-state index in [0.717, 1.165) is 0 Å². The number of halogens is 1. The van der Waals surface area contributed by atoms with Gasteiger partial charge in [-0.3, -0.25) is 4.79 Å². The maximum Gasteiger partial charge on any atom is 0.343 e. The molecule has 6 nitrogen and oxygen atoms in total. The number of anilines is 1. The number of carbonyl (C=O) groups excluding carboxylic acids is 2. The van der Waals surface area contributed by atoms with Gasteiger partial charge < -0.3 is 14.8 Å². The highest BCUT2D eigenvalue weighted by Crippen LogP contribution is 2.19. The molecule has 0 unspecified atom stereocenters. The van der Waals surface area contributed by atoms with Crippen LogP contribution in [0.25, 0.3) is 6.08 Å². The van der Waals surface area contributed by atoms with Crippen molar-refractivity contribution in [2.75, 3.05) is 12.4 Å². The molecule has 3 aromatic carbocycles. The van der Waals surface area contributed by atoms with Crippen LogP contribution in [0.3, 0.4) is 0 Å². The van der Waals surface area contributed by atoms with E-state index in [2.05, 4.69) is 5.32 Å². The first-order valence-corrected chi connectivity index (χ1v) is 9.51. The van der Waals surface area contributed by atoms with Gasteiger partial charge in [-0.25, -0.2) is 4.79 Å². The van der Waals surface area contributed by atoms with Gasteiger partial charge in [0.25, 0.3) is 5.91 Å². The van der Waals surface area contributed by atoms with Gasteiger partial charge >= 0.3 is 5.97 Å². The lowest BCUT2D eigenvalue weighted by Crippen LogP contribution is -2.13. The molecule has 0 heterocycles. The number of nitrogens with zero attached hydrogens (tertiary/aromatic N) is 1. The first-order chi connectivity index (χ1) is 15.0. The number of benzene rings is 3. The molecule has 0 fully saturated rings. The maximum atomic E-state index is 12.4. The molecule has 0 atom stereocenters. The molecule has 3 aromatic rings. The molecular formula is C24H17ClN2O4. The van der Waals surface area contributed by atoms with Crippen LogP contribution in [-0.2, 0) is 4.79 Å². The SMILES string of the molecule is COc1ccc(NC(=O)/C(C#N)=C/c2ccc(OC(=O)c3cccc(Cl)c3)cc2)cc1. The average Bonchev–Trinajstić information content (AvgIpc) is 2.79. The van der Waals surface area contributed by atoms with E-state index in [1.807, 2.05) is 6.07 Å². The largest absolute Gasteiger partial charge is 0.497 e. The second-order valence-electron chi connectivity index (χ2n) is 6.32. The lowest BCUT2D eigenvalue weighted by Gasteiger charge is -2.06. The second kappa shape index (κ2) is 10.1. The smallest absolute Gasteiger partial charge is 0.343 e. The lowest BCUT2D eigenvalue weighted by molar-refractivity contribution is -0.112. The molecule has 0 aromatic heterocycles. The van der Waals surface area contributed by atoms with E-state index in [9.17, 15) is 14.9 Å². The summed E-state index contributed by atoms with van der Waals surface area (Å²) in [5.74, 6) is -0.0972. The Labute approximate surface area is 184 Å². The minimum Gasteiger partial charge on any atom is -0.497 e. The van der Waals surface area contributed by atoms with E-state index in [-0.39, 0.29) is 5.57 Å². The highest BCUT2D eigenvalue weighted by molar-refractivity contribution is 6.30. The van der Waals surface area contributed by atoms with E-state index in [1.54, 1.807) is 73.8 Å². The van der Waals surface area contributed by atoms with Gasteiger partial charge in [0.2, 0.25) is 0 Å². The maximum absolute atomic E-state index is 12.4. The molecule has 0 aliphatic carbocycles. The van der Waals surface area contributed by atoms with Gasteiger partial charge in [0.15, 0.2) is 0 Å². The van der Waals surface area contributed by atoms with Crippen LogP contribution in [-0.4, -0.2) is 19.0 Å². The standard InChI is InChI=1S/C24H17ClN2O4/c1-30-21-11-7-20(8-12-21)27-23(28)18(15-26)13-16-5-9-22(10-6-16)31-24(29)17-3-2-4-19(25)14-17/h2-14H,1H3,(H,27,28)/b18-13+. The number of hydrogen-bond donors (Lipinski definition) is 1. The van der Waals surface area contributed by atoms with Gasteiger partial charge in [-0.1, -0.05) is 29.8 Å². The molecule has 154 valence electrons. The summed E-state index contributed by atoms with van der Waals surface area (Å²) < 4.78 is 10.4. The molecule has 1 N–H and O–H groups in total. The third kappa shape index (κ3) is 5.95. The summed E-state index contributed by atoms with van der Waals surface area (Å²) in [7, 11) is 1.55. The molecule has 1 amide bonds. The van der Waals surface area contributed by atoms with Crippen LogP contribution in [0.5, 0.6) is 11.5 Å². The highest BCUT2D eigenvalue weighted by atomic mass is 35.5. The summed E-state index contributed by atoms with van der Waals surface area (Å²) in [6, 6.07) is 21.5. The van der Waals surface area contributed by atoms with Crippen molar-refractivity contribution in [3.8, 4) is 17.6 Å². The molecule has 0 aliphatic rings. The number of carbonyl (C=O) groups is 2. The van der Waals surface area contributed by atoms with Crippen LogP contribution in [0, 0.1) is 11.3 Å². The second-order valence-corrected chi connectivity index (χ2v) is 6.76. The first kappa shape index (κ1) is 21.6. The number of ether oxygens (including phenoxy) is 2. The van der Waals surface area contributed by atoms with Crippen LogP contribution in [0.15, 0.2) is 78.4 Å². The number of rotatable bonds is 6. The molecule has 0 radical (unpaired) electrons. The van der Waals surface area contributed by atoms with Crippen LogP contribution in [0.1, 0.15) is 15.9 Å². The van der Waals surface area contributed by atoms with Crippen molar-refractivity contribution in [2.24, 2.45) is 0 Å². The Morgan fingerprint density at radius 3 is 2.29 bits per heavy atom. The molecular weight excluding hydrogens is 416 g/mol. The summed E-state index contributed by atoms with van der Waals surface area (Å²) in [6.07, 6.45) is 1.45. The Morgan fingerprint density at radius 1 is 1.00 bits per heavy atom. The molecule has 3 rings (SSSR count). The van der Waals surface area contributed by atoms with Gasteiger partial charge in [0, 0.05) is 10.7 Å². The Kier molecular flexibility index (Phi) is 7.05. The van der Waals surface area contributed by atoms with Crippen LogP contribution in [0.4, 0.5) is 5.69 Å². The molecule has 7 heteroatoms. The predicted molar refractivity (Wildman–Crippen MR) is 118 cm³/mol. The minimum absolute atomic E-state index is 0.0699. The first-order valence-electron chi connectivity index (χ1n) is 9.13. The molecule has 0 saturated carbocycles. The zero-order chi connectivity index (χ0) is 22.2. The fourth-order valence-electron chi connectivity index (χ4n) is 2.60. The number of hydrogen-bond acceptors (Lipinski definition) is 5. The topological polar surface area (TPSA) is 88.4 Å². The summed E-state index contributed by atoms with van der Waals surface area (Å²) in [4.78, 5) is 24.6. The fourth-order valence-corrected chi connectivity index (χ4v) is 2.79. The van der Waals surface area contributed by atoms with Gasteiger partial charge in [-0.2, -0.15) is 5.26 Å². The van der Waals surface area contributed by atoms with Crippen molar-refractivity contribution < 1.29 is 19.1 Å². The van der Waals surface area contributed by atoms with Crippen LogP contribution >= 0.6 is 11.6 Å². The van der Waals surface area contributed by atoms with Crippen molar-refractivity contribution in [3.63, 3.8) is 0 Å². The Hall–Kier alpha value is -4.08. The van der Waals surface area contributed by atoms with E-state index in [4.69, 9.17) is 21.1 Å². The van der Waals surface area contributed by atoms with Crippen LogP contribution < -0.4 is 14.8 Å². The Bertz CT molecular complexity index is 1160. The normalized spacial score (nSPS) is 10.7. The van der Waals surface area contributed by atoms with Crippen molar-refractivity contribution >= 4 is 35.2 Å². The van der Waals surface area contributed by atoms with Crippen molar-refractivity contribution in [2.45, 2.75) is 0 Å². The number of esters is 1. The van der Waals surface area contributed by atoms with E-state index in [1.165, 1.54) is 12.1 Å². The van der Waals surface area contributed by atoms with E-state index >= 15 is 0 Å². The molecule has 0 bridgehead atoms. The molecule has 0 spiro atoms. The van der Waals surface area contributed by atoms with Gasteiger partial charge in [-0.15, -0.1) is 0 Å². The van der Waals surface area contributed by atoms with Crippen LogP contribution in [0.2, 0.25) is 5.02 Å². The zero-order valence-electron chi connectivity index (χ0n) is 16.5. The zero-order valence-corrected chi connectivity index (χ0v) is 17.2. The Morgan fingerprint density at radius 2 is 1.68 bits per heavy atom. The Balaban J connectivity index is 1.67. The summed E-state index contributed by atoms with van der Waals surface area (Å²) in [6.45, 7) is 0. The molecule has 0 saturated heterocycles. The van der Waals surface area contributed by atoms with E-state index in [0.29, 0.717) is 33.3 Å². The van der Waals surface area contributed by atoms with Crippen molar-refractivity contribution in [1.29, 1.82) is 5.26 Å². The summed E-state index contributed by atoms with van der Waals surface area (Å²) in [5.41, 5.74) is 1.40.